The van der Waals surface area contributed by atoms with Gasteiger partial charge in [0.1, 0.15) is 96.7 Å². The zero-order valence-corrected chi connectivity index (χ0v) is 81.5. The highest BCUT2D eigenvalue weighted by atomic mass is 16.4. The first-order valence-electron chi connectivity index (χ1n) is 44.7. The molecule has 3 fully saturated rings. The number of likely N-dealkylation sites (tertiary alicyclic amines) is 3. The Balaban J connectivity index is 1.49. The monoisotopic (exact) mass is 1840 g/mol. The Morgan fingerprint density at radius 2 is 0.538 bits per heavy atom. The van der Waals surface area contributed by atoms with Crippen LogP contribution in [0.1, 0.15) is 296 Å². The summed E-state index contributed by atoms with van der Waals surface area (Å²) in [6.45, 7) is 38.2. The number of rotatable bonds is 48. The zero-order valence-electron chi connectivity index (χ0n) is 81.5. The van der Waals surface area contributed by atoms with Crippen molar-refractivity contribution in [3.63, 3.8) is 0 Å². The summed E-state index contributed by atoms with van der Waals surface area (Å²) in [4.78, 5) is 288. The Morgan fingerprint density at radius 3 is 0.892 bits per heavy atom. The van der Waals surface area contributed by atoms with Crippen molar-refractivity contribution in [1.82, 2.24) is 105 Å². The van der Waals surface area contributed by atoms with Gasteiger partial charge in [0, 0.05) is 58.5 Å². The lowest BCUT2D eigenvalue weighted by Gasteiger charge is -2.38. The fraction of sp³-hybridized carbons (Fsp3) is 0.761. The molecule has 0 unspecified atom stereocenters. The van der Waals surface area contributed by atoms with Crippen LogP contribution in [-0.4, -0.2) is 280 Å². The summed E-state index contributed by atoms with van der Waals surface area (Å²) in [6.07, 6.45) is 8.31. The third-order valence-electron chi connectivity index (χ3n) is 22.8. The third kappa shape index (κ3) is 33.1. The summed E-state index contributed by atoms with van der Waals surface area (Å²) in [7, 11) is 0. The van der Waals surface area contributed by atoms with Crippen LogP contribution in [0.2, 0.25) is 0 Å². The van der Waals surface area contributed by atoms with Crippen molar-refractivity contribution in [2.45, 2.75) is 393 Å². The minimum absolute atomic E-state index is 0.0823. The van der Waals surface area contributed by atoms with Crippen LogP contribution in [-0.2, 0) is 101 Å². The molecule has 3 aliphatic heterocycles. The molecule has 0 aliphatic carbocycles. The number of hydrogen-bond donors (Lipinski definition) is 18. The summed E-state index contributed by atoms with van der Waals surface area (Å²) in [6, 6.07) is -5.52. The molecule has 0 saturated carbocycles. The maximum atomic E-state index is 14.4. The summed E-state index contributed by atoms with van der Waals surface area (Å²) in [5.74, 6) is -15.1. The van der Waals surface area contributed by atoms with Crippen LogP contribution in [0.5, 0.6) is 0 Å². The standard InChI is InChI=1S/C88H150N20O22/c1-28-29-30-31-32-33-34-41-57(110)95-86(22,23)74(128)106-48-35-38-53(106)62(116)98-83(16,17)71(125)104-88(26,27)76(130)108-50-37-40-55(108)64(118)99-84(18,19)72(126)105-87(24,25)75(129)107-49-36-39-54(107)63(117)97-82(14,15)70(124)101-77(4,5)65(119)90-45-42-56(109)92-52(3)61(115)96-81(12,13)69(123)100-78(6,7)66(120)91-46-43-58(111)94-80(10,11)68(122)103-85(20,21)73(127)102-79(8,9)67(121)93-51(2)60(114)89-47-44-59(112)113/h51-55H,28-50H2,1-27H3,(H,89,114)(H,90,119)(H,91,120)(H,92,109)(H,93,121)(H,94,111)(H,95,110)(H,96,115)(H,97,117)(H,98,116)(H,99,118)(H,100,123)(H,101,124)(H,102,127)(H,103,122)(H,104,125)(H,105,126)(H,112,113)/t51-,52-,53+,54-,55+/m0/s1. The van der Waals surface area contributed by atoms with E-state index < -0.39 is 215 Å². The van der Waals surface area contributed by atoms with Gasteiger partial charge in [-0.05, 0) is 225 Å². The number of hydrogen-bond acceptors (Lipinski definition) is 21. The topological polar surface area (TPSA) is 593 Å². The predicted molar refractivity (Wildman–Crippen MR) is 479 cm³/mol. The molecule has 3 aliphatic rings. The molecule has 42 nitrogen and oxygen atoms in total. The lowest BCUT2D eigenvalue weighted by atomic mass is 9.96. The van der Waals surface area contributed by atoms with Crippen molar-refractivity contribution < 1.29 is 106 Å². The number of unbranched alkanes of at least 4 members (excludes halogenated alkanes) is 6. The molecular weight excluding hydrogens is 1690 g/mol. The summed E-state index contributed by atoms with van der Waals surface area (Å²) >= 11 is 0. The van der Waals surface area contributed by atoms with Crippen molar-refractivity contribution >= 4 is 124 Å². The molecule has 734 valence electrons. The Morgan fingerprint density at radius 1 is 0.277 bits per heavy atom. The van der Waals surface area contributed by atoms with Gasteiger partial charge in [-0.3, -0.25) is 101 Å². The van der Waals surface area contributed by atoms with Gasteiger partial charge in [-0.25, -0.2) is 0 Å². The van der Waals surface area contributed by atoms with Crippen molar-refractivity contribution in [2.75, 3.05) is 39.3 Å². The SMILES string of the molecule is CCCCCCCCCC(=O)NC(C)(C)C(=O)N1CCC[C@@H]1C(=O)NC(C)(C)C(=O)NC(C)(C)C(=O)N1CCC[C@@H]1C(=O)NC(C)(C)C(=O)NC(C)(C)C(=O)N1CCC[C@H]1C(=O)NC(C)(C)C(=O)NC(C)(C)C(=O)NCCC(=O)N[C@@H](C)C(=O)NC(C)(C)C(=O)NC(C)(C)C(=O)NCCC(=O)NC(C)(C)C(=O)NC(C)(C)C(=O)NC(C)(C)C(=O)N[C@@H](C)C(=O)NCCC(=O)O. The molecule has 130 heavy (non-hydrogen) atoms. The van der Waals surface area contributed by atoms with E-state index in [2.05, 4.69) is 97.3 Å². The highest BCUT2D eigenvalue weighted by molar-refractivity contribution is 6.05. The van der Waals surface area contributed by atoms with E-state index in [1.165, 1.54) is 187 Å². The number of nitrogens with zero attached hydrogens (tertiary/aromatic N) is 3. The normalized spacial score (nSPS) is 16.5. The van der Waals surface area contributed by atoms with Gasteiger partial charge in [-0.1, -0.05) is 45.4 Å². The Kier molecular flexibility index (Phi) is 39.7. The average Bonchev–Trinajstić information content (AvgIpc) is 1.61. The van der Waals surface area contributed by atoms with Crippen molar-refractivity contribution in [3.05, 3.63) is 0 Å². The maximum absolute atomic E-state index is 14.4. The quantitative estimate of drug-likeness (QED) is 0.0340. The van der Waals surface area contributed by atoms with Crippen molar-refractivity contribution in [2.24, 2.45) is 0 Å². The van der Waals surface area contributed by atoms with E-state index in [9.17, 15) is 101 Å². The van der Waals surface area contributed by atoms with Gasteiger partial charge in [0.2, 0.25) is 118 Å². The molecule has 0 aromatic rings. The van der Waals surface area contributed by atoms with Gasteiger partial charge in [0.15, 0.2) is 0 Å². The highest BCUT2D eigenvalue weighted by Crippen LogP contribution is 2.29. The molecule has 0 spiro atoms. The van der Waals surface area contributed by atoms with Gasteiger partial charge in [-0.15, -0.1) is 0 Å². The van der Waals surface area contributed by atoms with E-state index >= 15 is 0 Å². The molecule has 42 heteroatoms. The lowest BCUT2D eigenvalue weighted by Crippen LogP contribution is -2.67. The van der Waals surface area contributed by atoms with E-state index in [1.54, 1.807) is 13.8 Å². The molecule has 20 amide bonds. The van der Waals surface area contributed by atoms with Crippen LogP contribution >= 0.6 is 0 Å². The Hall–Kier alpha value is -11.1. The second kappa shape index (κ2) is 45.6. The summed E-state index contributed by atoms with van der Waals surface area (Å²) < 4.78 is 0. The zero-order chi connectivity index (χ0) is 100. The lowest BCUT2D eigenvalue weighted by molar-refractivity contribution is -0.148. The van der Waals surface area contributed by atoms with E-state index in [-0.39, 0.29) is 83.7 Å². The molecule has 0 radical (unpaired) electrons. The van der Waals surface area contributed by atoms with E-state index in [0.717, 1.165) is 32.1 Å². The van der Waals surface area contributed by atoms with E-state index in [4.69, 9.17) is 5.11 Å². The van der Waals surface area contributed by atoms with Crippen LogP contribution in [0.4, 0.5) is 0 Å². The van der Waals surface area contributed by atoms with Crippen LogP contribution in [0, 0.1) is 0 Å². The second-order valence-corrected chi connectivity index (χ2v) is 40.6. The first kappa shape index (κ1) is 113. The molecule has 0 bridgehead atoms. The Bertz CT molecular complexity index is 4240. The van der Waals surface area contributed by atoms with Gasteiger partial charge >= 0.3 is 5.97 Å². The highest BCUT2D eigenvalue weighted by Gasteiger charge is 2.51. The average molecular weight is 1840 g/mol. The van der Waals surface area contributed by atoms with E-state index in [0.29, 0.717) is 32.1 Å². The van der Waals surface area contributed by atoms with E-state index in [1.807, 2.05) is 0 Å². The molecule has 18 N–H and O–H groups in total. The largest absolute Gasteiger partial charge is 0.481 e. The number of carboxylic acid groups (broad SMARTS) is 1. The van der Waals surface area contributed by atoms with Crippen LogP contribution in [0.25, 0.3) is 0 Å². The molecule has 3 rings (SSSR count). The molecule has 3 saturated heterocycles. The molecule has 0 aromatic heterocycles. The summed E-state index contributed by atoms with van der Waals surface area (Å²) in [5, 5.41) is 52.9. The molecule has 5 atom stereocenters. The molecule has 3 heterocycles. The van der Waals surface area contributed by atoms with Gasteiger partial charge < -0.3 is 110 Å². The van der Waals surface area contributed by atoms with Gasteiger partial charge in [0.05, 0.1) is 6.42 Å². The second-order valence-electron chi connectivity index (χ2n) is 40.6. The minimum atomic E-state index is -1.71. The van der Waals surface area contributed by atoms with Gasteiger partial charge in [0.25, 0.3) is 0 Å². The Labute approximate surface area is 763 Å². The fourth-order valence-corrected chi connectivity index (χ4v) is 14.2. The van der Waals surface area contributed by atoms with Crippen LogP contribution in [0.3, 0.4) is 0 Å². The van der Waals surface area contributed by atoms with Crippen LogP contribution < -0.4 is 90.4 Å². The number of carbonyl (C=O) groups is 21. The van der Waals surface area contributed by atoms with Crippen molar-refractivity contribution in [1.29, 1.82) is 0 Å². The number of aliphatic carboxylic acids is 1. The molecular formula is C88H150N20O22. The summed E-state index contributed by atoms with van der Waals surface area (Å²) in [5.41, 5.74) is -19.7. The predicted octanol–water partition coefficient (Wildman–Crippen LogP) is -0.549. The van der Waals surface area contributed by atoms with Gasteiger partial charge in [-0.2, -0.15) is 0 Å². The van der Waals surface area contributed by atoms with Crippen LogP contribution in [0.15, 0.2) is 0 Å². The van der Waals surface area contributed by atoms with Crippen molar-refractivity contribution in [3.8, 4) is 0 Å². The maximum Gasteiger partial charge on any atom is 0.305 e. The smallest absolute Gasteiger partial charge is 0.305 e. The fourth-order valence-electron chi connectivity index (χ4n) is 14.2. The number of carboxylic acids is 1. The number of carbonyl (C=O) groups excluding carboxylic acids is 20. The molecule has 0 aromatic carbocycles. The first-order chi connectivity index (χ1) is 59.3. The first-order valence-corrected chi connectivity index (χ1v) is 44.7. The number of amides is 20. The third-order valence-corrected chi connectivity index (χ3v) is 22.8. The number of nitrogens with one attached hydrogen (secondary N) is 17. The minimum Gasteiger partial charge on any atom is -0.481 e.